The van der Waals surface area contributed by atoms with E-state index in [0.717, 1.165) is 24.1 Å². The van der Waals surface area contributed by atoms with E-state index in [-0.39, 0.29) is 11.4 Å². The van der Waals surface area contributed by atoms with Gasteiger partial charge in [-0.25, -0.2) is 0 Å². The molecule has 7 heteroatoms. The Balaban J connectivity index is 2.16. The maximum atomic E-state index is 12.9. The number of para-hydroxylation sites is 1. The predicted molar refractivity (Wildman–Crippen MR) is 116 cm³/mol. The smallest absolute Gasteiger partial charge is 0.359 e. The summed E-state index contributed by atoms with van der Waals surface area (Å²) in [6, 6.07) is 14.9. The van der Waals surface area contributed by atoms with Crippen molar-refractivity contribution in [2.45, 2.75) is 30.5 Å². The van der Waals surface area contributed by atoms with Crippen LogP contribution in [-0.4, -0.2) is 30.4 Å². The Hall–Kier alpha value is -1.03. The van der Waals surface area contributed by atoms with Gasteiger partial charge in [-0.15, -0.1) is 23.2 Å². The highest BCUT2D eigenvalue weighted by atomic mass is 35.5. The van der Waals surface area contributed by atoms with Gasteiger partial charge in [0, 0.05) is 25.3 Å². The Kier molecular flexibility index (Phi) is 8.65. The quantitative estimate of drug-likeness (QED) is 0.302. The molecule has 148 valence electrons. The zero-order valence-corrected chi connectivity index (χ0v) is 18.1. The van der Waals surface area contributed by atoms with Gasteiger partial charge in [0.1, 0.15) is 4.84 Å². The normalized spacial score (nSPS) is 13.6. The molecule has 0 amide bonds. The molecule has 2 aromatic rings. The highest BCUT2D eigenvalue weighted by Crippen LogP contribution is 2.45. The minimum Gasteiger partial charge on any atom is -0.377 e. The lowest BCUT2D eigenvalue weighted by Crippen LogP contribution is -2.14. The molecule has 0 spiro atoms. The van der Waals surface area contributed by atoms with Crippen LogP contribution in [0, 0.1) is 0 Å². The summed E-state index contributed by atoms with van der Waals surface area (Å²) in [5.41, 5.74) is 2.58. The largest absolute Gasteiger partial charge is 0.377 e. The monoisotopic (exact) mass is 429 g/mol. The first-order valence-corrected chi connectivity index (χ1v) is 11.4. The molecular weight excluding hydrogens is 404 g/mol. The molecule has 27 heavy (non-hydrogen) atoms. The van der Waals surface area contributed by atoms with Gasteiger partial charge in [-0.1, -0.05) is 49.2 Å². The third-order valence-electron chi connectivity index (χ3n) is 4.22. The maximum Gasteiger partial charge on any atom is 0.359 e. The molecule has 0 heterocycles. The fourth-order valence-corrected chi connectivity index (χ4v) is 4.47. The van der Waals surface area contributed by atoms with Crippen LogP contribution in [-0.2, 0) is 9.09 Å². The molecule has 1 N–H and O–H groups in total. The molecule has 2 rings (SSSR count). The molecule has 0 saturated heterocycles. The van der Waals surface area contributed by atoms with Gasteiger partial charge in [0.15, 0.2) is 0 Å². The summed E-state index contributed by atoms with van der Waals surface area (Å²) in [5.74, 6) is 0. The summed E-state index contributed by atoms with van der Waals surface area (Å²) in [5, 5.41) is 0.320. The molecule has 0 fully saturated rings. The Bertz CT molecular complexity index is 783. The van der Waals surface area contributed by atoms with E-state index in [1.807, 2.05) is 55.4 Å². The van der Waals surface area contributed by atoms with Crippen LogP contribution in [0.2, 0.25) is 0 Å². The number of benzene rings is 2. The zero-order valence-electron chi connectivity index (χ0n) is 15.6. The number of alkyl halides is 2. The highest BCUT2D eigenvalue weighted by molar-refractivity contribution is 7.61. The van der Waals surface area contributed by atoms with Crippen LogP contribution in [0.3, 0.4) is 0 Å². The summed E-state index contributed by atoms with van der Waals surface area (Å²) >= 11 is 11.4. The Morgan fingerprint density at radius 2 is 1.63 bits per heavy atom. The summed E-state index contributed by atoms with van der Waals surface area (Å²) in [7, 11) is -0.0421. The van der Waals surface area contributed by atoms with Crippen molar-refractivity contribution in [2.24, 2.45) is 0 Å². The van der Waals surface area contributed by atoms with Crippen LogP contribution in [0.5, 0.6) is 0 Å². The molecule has 0 aliphatic rings. The maximum absolute atomic E-state index is 12.9. The van der Waals surface area contributed by atoms with Gasteiger partial charge >= 0.3 is 7.60 Å². The van der Waals surface area contributed by atoms with Gasteiger partial charge in [-0.05, 0) is 30.5 Å². The summed E-state index contributed by atoms with van der Waals surface area (Å²) in [4.78, 5) is 12.2. The molecule has 1 unspecified atom stereocenters. The van der Waals surface area contributed by atoms with Crippen LogP contribution in [0.1, 0.15) is 25.7 Å². The van der Waals surface area contributed by atoms with Gasteiger partial charge in [-0.3, -0.25) is 4.57 Å². The van der Waals surface area contributed by atoms with Crippen molar-refractivity contribution < 1.29 is 14.0 Å². The zero-order chi connectivity index (χ0) is 19.9. The Labute approximate surface area is 171 Å². The van der Waals surface area contributed by atoms with Crippen molar-refractivity contribution in [1.82, 2.24) is 0 Å². The van der Waals surface area contributed by atoms with Crippen molar-refractivity contribution in [3.8, 4) is 11.1 Å². The van der Waals surface area contributed by atoms with Gasteiger partial charge < -0.3 is 14.3 Å². The predicted octanol–water partition coefficient (Wildman–Crippen LogP) is 5.61. The molecule has 1 atom stereocenters. The number of unbranched alkanes of at least 4 members (excludes halogenated alkanes) is 2. The fraction of sp³-hybridized carbons (Fsp3) is 0.400. The van der Waals surface area contributed by atoms with E-state index in [1.165, 1.54) is 0 Å². The number of rotatable bonds is 10. The van der Waals surface area contributed by atoms with Crippen LogP contribution in [0.15, 0.2) is 48.5 Å². The molecule has 0 aliphatic carbocycles. The molecule has 0 radical (unpaired) electrons. The number of anilines is 1. The molecule has 0 bridgehead atoms. The summed E-state index contributed by atoms with van der Waals surface area (Å²) in [6.07, 6.45) is 3.11. The van der Waals surface area contributed by atoms with E-state index >= 15 is 0 Å². The topological polar surface area (TPSA) is 49.8 Å². The van der Waals surface area contributed by atoms with Gasteiger partial charge in [0.25, 0.3) is 0 Å². The van der Waals surface area contributed by atoms with E-state index in [9.17, 15) is 9.46 Å². The first-order valence-electron chi connectivity index (χ1n) is 8.94. The Morgan fingerprint density at radius 3 is 2.30 bits per heavy atom. The van der Waals surface area contributed by atoms with Crippen LogP contribution in [0.4, 0.5) is 5.69 Å². The minimum atomic E-state index is -3.94. The van der Waals surface area contributed by atoms with Crippen LogP contribution >= 0.6 is 30.8 Å². The molecule has 2 aromatic carbocycles. The van der Waals surface area contributed by atoms with E-state index < -0.39 is 7.60 Å². The van der Waals surface area contributed by atoms with Crippen LogP contribution < -0.4 is 10.2 Å². The van der Waals surface area contributed by atoms with Crippen LogP contribution in [0.25, 0.3) is 11.1 Å². The second kappa shape index (κ2) is 10.5. The lowest BCUT2D eigenvalue weighted by atomic mass is 10.0. The van der Waals surface area contributed by atoms with Crippen molar-refractivity contribution in [1.29, 1.82) is 0 Å². The molecular formula is C20H26Cl2NO3P. The first-order chi connectivity index (χ1) is 12.8. The van der Waals surface area contributed by atoms with E-state index in [0.29, 0.717) is 23.7 Å². The second-order valence-corrected chi connectivity index (χ2v) is 9.58. The van der Waals surface area contributed by atoms with E-state index in [2.05, 4.69) is 0 Å². The van der Waals surface area contributed by atoms with Crippen molar-refractivity contribution in [2.75, 3.05) is 25.6 Å². The molecule has 0 saturated carbocycles. The number of halogens is 2. The number of hydrogen-bond donors (Lipinski definition) is 1. The van der Waals surface area contributed by atoms with Gasteiger partial charge in [0.2, 0.25) is 0 Å². The fourth-order valence-electron chi connectivity index (χ4n) is 2.87. The van der Waals surface area contributed by atoms with Crippen molar-refractivity contribution in [3.05, 3.63) is 48.5 Å². The second-order valence-electron chi connectivity index (χ2n) is 6.52. The third-order valence-corrected chi connectivity index (χ3v) is 6.19. The van der Waals surface area contributed by atoms with Crippen molar-refractivity contribution in [3.63, 3.8) is 0 Å². The summed E-state index contributed by atoms with van der Waals surface area (Å²) < 4.78 is 18.3. The van der Waals surface area contributed by atoms with E-state index in [4.69, 9.17) is 27.7 Å². The van der Waals surface area contributed by atoms with Gasteiger partial charge in [-0.2, -0.15) is 0 Å². The minimum absolute atomic E-state index is 0.215. The molecule has 4 nitrogen and oxygen atoms in total. The standard InChI is InChI=1S/C20H26Cl2NO3P/c1-23(2)18-12-7-5-10-16(18)17-11-6-8-13-19(17)27(24,25)26-15-9-3-4-14-20(21)22/h5-8,10-13,20H,3-4,9,14-15H2,1-2H3,(H,24,25). The van der Waals surface area contributed by atoms with Gasteiger partial charge in [0.05, 0.1) is 11.9 Å². The lowest BCUT2D eigenvalue weighted by Gasteiger charge is -2.21. The molecule has 0 aromatic heterocycles. The van der Waals surface area contributed by atoms with E-state index in [1.54, 1.807) is 12.1 Å². The first kappa shape index (κ1) is 22.3. The summed E-state index contributed by atoms with van der Waals surface area (Å²) in [6.45, 7) is 0.215. The average molecular weight is 430 g/mol. The number of hydrogen-bond acceptors (Lipinski definition) is 3. The SMILES string of the molecule is CN(C)c1ccccc1-c1ccccc1P(=O)(O)OCCCCCC(Cl)Cl. The lowest BCUT2D eigenvalue weighted by molar-refractivity contribution is 0.262. The average Bonchev–Trinajstić information content (AvgIpc) is 2.64. The third kappa shape index (κ3) is 6.51. The molecule has 0 aliphatic heterocycles. The Morgan fingerprint density at radius 1 is 1.00 bits per heavy atom. The number of nitrogens with zero attached hydrogens (tertiary/aromatic N) is 1. The van der Waals surface area contributed by atoms with Crippen molar-refractivity contribution >= 4 is 41.8 Å². The highest BCUT2D eigenvalue weighted by Gasteiger charge is 2.27.